The Bertz CT molecular complexity index is 1270. The summed E-state index contributed by atoms with van der Waals surface area (Å²) in [5, 5.41) is 3.12. The van der Waals surface area contributed by atoms with Gasteiger partial charge in [0, 0.05) is 31.3 Å². The first-order valence-electron chi connectivity index (χ1n) is 11.9. The summed E-state index contributed by atoms with van der Waals surface area (Å²) in [5.41, 5.74) is 6.06. The van der Waals surface area contributed by atoms with Gasteiger partial charge < -0.3 is 9.88 Å². The molecule has 0 aliphatic carbocycles. The highest BCUT2D eigenvalue weighted by Crippen LogP contribution is 2.28. The van der Waals surface area contributed by atoms with Crippen LogP contribution in [0, 0.1) is 19.7 Å². The number of nitrogens with one attached hydrogen (secondary N) is 1. The van der Waals surface area contributed by atoms with Gasteiger partial charge in [-0.3, -0.25) is 9.78 Å². The SMILES string of the molecule is CCCC(C(=O)NCCc1ccccn1)n1c(Cc2ccc(F)cc2)nc2cc(C)c(C)cc21. The van der Waals surface area contributed by atoms with Gasteiger partial charge in [0.1, 0.15) is 17.7 Å². The topological polar surface area (TPSA) is 59.8 Å². The molecular weight excluding hydrogens is 427 g/mol. The number of aryl methyl sites for hydroxylation is 2. The lowest BCUT2D eigenvalue weighted by Crippen LogP contribution is -2.34. The second-order valence-electron chi connectivity index (χ2n) is 8.79. The van der Waals surface area contributed by atoms with E-state index in [9.17, 15) is 9.18 Å². The van der Waals surface area contributed by atoms with Crippen LogP contribution in [0.25, 0.3) is 11.0 Å². The van der Waals surface area contributed by atoms with Crippen molar-refractivity contribution in [2.75, 3.05) is 6.54 Å². The van der Waals surface area contributed by atoms with Gasteiger partial charge >= 0.3 is 0 Å². The molecular formula is C28H31FN4O. The van der Waals surface area contributed by atoms with Gasteiger partial charge in [-0.25, -0.2) is 9.37 Å². The summed E-state index contributed by atoms with van der Waals surface area (Å²) in [7, 11) is 0. The number of rotatable bonds is 9. The van der Waals surface area contributed by atoms with Gasteiger partial charge in [0.05, 0.1) is 11.0 Å². The van der Waals surface area contributed by atoms with Crippen molar-refractivity contribution in [2.45, 2.75) is 52.5 Å². The quantitative estimate of drug-likeness (QED) is 0.361. The molecule has 2 aromatic heterocycles. The van der Waals surface area contributed by atoms with E-state index in [0.29, 0.717) is 25.8 Å². The molecule has 1 atom stereocenters. The van der Waals surface area contributed by atoms with Crippen molar-refractivity contribution in [3.05, 3.63) is 94.8 Å². The first-order chi connectivity index (χ1) is 16.5. The summed E-state index contributed by atoms with van der Waals surface area (Å²) in [6.07, 6.45) is 4.52. The second kappa shape index (κ2) is 10.6. The molecule has 1 unspecified atom stereocenters. The van der Waals surface area contributed by atoms with Crippen molar-refractivity contribution >= 4 is 16.9 Å². The van der Waals surface area contributed by atoms with Crippen LogP contribution >= 0.6 is 0 Å². The number of halogens is 1. The summed E-state index contributed by atoms with van der Waals surface area (Å²) in [5.74, 6) is 0.528. The minimum Gasteiger partial charge on any atom is -0.354 e. The van der Waals surface area contributed by atoms with E-state index < -0.39 is 0 Å². The average molecular weight is 459 g/mol. The molecule has 34 heavy (non-hydrogen) atoms. The van der Waals surface area contributed by atoms with Gasteiger partial charge in [0.15, 0.2) is 0 Å². The van der Waals surface area contributed by atoms with Crippen molar-refractivity contribution in [2.24, 2.45) is 0 Å². The predicted molar refractivity (Wildman–Crippen MR) is 133 cm³/mol. The molecule has 0 aliphatic rings. The molecule has 0 aliphatic heterocycles. The zero-order valence-corrected chi connectivity index (χ0v) is 20.0. The van der Waals surface area contributed by atoms with E-state index in [-0.39, 0.29) is 17.8 Å². The lowest BCUT2D eigenvalue weighted by atomic mass is 10.1. The fraction of sp³-hybridized carbons (Fsp3) is 0.321. The first-order valence-corrected chi connectivity index (χ1v) is 11.9. The number of nitrogens with zero attached hydrogens (tertiary/aromatic N) is 3. The van der Waals surface area contributed by atoms with E-state index in [1.54, 1.807) is 18.3 Å². The number of imidazole rings is 1. The van der Waals surface area contributed by atoms with Crippen LogP contribution in [0.5, 0.6) is 0 Å². The van der Waals surface area contributed by atoms with Crippen LogP contribution in [-0.4, -0.2) is 27.0 Å². The Morgan fingerprint density at radius 3 is 2.56 bits per heavy atom. The molecule has 0 spiro atoms. The Morgan fingerprint density at radius 1 is 1.09 bits per heavy atom. The minimum atomic E-state index is -0.378. The van der Waals surface area contributed by atoms with Gasteiger partial charge in [-0.15, -0.1) is 0 Å². The molecule has 6 heteroatoms. The van der Waals surface area contributed by atoms with E-state index >= 15 is 0 Å². The third-order valence-electron chi connectivity index (χ3n) is 6.24. The fourth-order valence-electron chi connectivity index (χ4n) is 4.29. The molecule has 2 heterocycles. The maximum atomic E-state index is 13.5. The lowest BCUT2D eigenvalue weighted by molar-refractivity contribution is -0.124. The number of aromatic nitrogens is 3. The first kappa shape index (κ1) is 23.6. The van der Waals surface area contributed by atoms with Crippen LogP contribution in [0.4, 0.5) is 4.39 Å². The van der Waals surface area contributed by atoms with Gasteiger partial charge in [0.2, 0.25) is 5.91 Å². The Balaban J connectivity index is 1.67. The zero-order valence-electron chi connectivity index (χ0n) is 20.0. The van der Waals surface area contributed by atoms with Crippen molar-refractivity contribution in [1.29, 1.82) is 0 Å². The van der Waals surface area contributed by atoms with Crippen LogP contribution in [0.1, 0.15) is 54.0 Å². The molecule has 2 aromatic carbocycles. The molecule has 1 N–H and O–H groups in total. The molecule has 0 saturated heterocycles. The van der Waals surface area contributed by atoms with E-state index in [4.69, 9.17) is 4.98 Å². The Kier molecular flexibility index (Phi) is 7.36. The van der Waals surface area contributed by atoms with Gasteiger partial charge in [-0.05, 0) is 73.4 Å². The molecule has 0 radical (unpaired) electrons. The van der Waals surface area contributed by atoms with E-state index in [1.807, 2.05) is 18.2 Å². The standard InChI is InChI=1S/C28H31FN4O/c1-4-7-25(28(34)31-15-13-23-8-5-6-14-30-23)33-26-17-20(3)19(2)16-24(26)32-27(33)18-21-9-11-22(29)12-10-21/h5-6,8-12,14,16-17,25H,4,7,13,15,18H2,1-3H3,(H,31,34). The highest BCUT2D eigenvalue weighted by molar-refractivity contribution is 5.85. The number of carbonyl (C=O) groups excluding carboxylic acids is 1. The van der Waals surface area contributed by atoms with Crippen LogP contribution in [-0.2, 0) is 17.6 Å². The largest absolute Gasteiger partial charge is 0.354 e. The fourth-order valence-corrected chi connectivity index (χ4v) is 4.29. The molecule has 4 rings (SSSR count). The van der Waals surface area contributed by atoms with Crippen LogP contribution in [0.3, 0.4) is 0 Å². The Morgan fingerprint density at radius 2 is 1.85 bits per heavy atom. The lowest BCUT2D eigenvalue weighted by Gasteiger charge is -2.21. The maximum absolute atomic E-state index is 13.5. The zero-order chi connectivity index (χ0) is 24.1. The van der Waals surface area contributed by atoms with Gasteiger partial charge in [-0.2, -0.15) is 0 Å². The third kappa shape index (κ3) is 5.33. The van der Waals surface area contributed by atoms with Gasteiger partial charge in [0.25, 0.3) is 0 Å². The molecule has 0 fully saturated rings. The summed E-state index contributed by atoms with van der Waals surface area (Å²) < 4.78 is 15.5. The number of hydrogen-bond acceptors (Lipinski definition) is 3. The molecule has 0 bridgehead atoms. The minimum absolute atomic E-state index is 0.0179. The average Bonchev–Trinajstić information content (AvgIpc) is 3.16. The van der Waals surface area contributed by atoms with Crippen LogP contribution in [0.2, 0.25) is 0 Å². The van der Waals surface area contributed by atoms with Gasteiger partial charge in [-0.1, -0.05) is 31.5 Å². The Hall–Kier alpha value is -3.54. The predicted octanol–water partition coefficient (Wildman–Crippen LogP) is 5.48. The summed E-state index contributed by atoms with van der Waals surface area (Å²) >= 11 is 0. The van der Waals surface area contributed by atoms with Crippen molar-refractivity contribution in [3.63, 3.8) is 0 Å². The summed E-state index contributed by atoms with van der Waals surface area (Å²) in [4.78, 5) is 22.7. The second-order valence-corrected chi connectivity index (χ2v) is 8.79. The molecule has 0 saturated carbocycles. The van der Waals surface area contributed by atoms with E-state index in [0.717, 1.165) is 45.7 Å². The van der Waals surface area contributed by atoms with Crippen LogP contribution < -0.4 is 5.32 Å². The molecule has 5 nitrogen and oxygen atoms in total. The van der Waals surface area contributed by atoms with Crippen LogP contribution in [0.15, 0.2) is 60.8 Å². The van der Waals surface area contributed by atoms with E-state index in [1.165, 1.54) is 12.1 Å². The number of hydrogen-bond donors (Lipinski definition) is 1. The van der Waals surface area contributed by atoms with E-state index in [2.05, 4.69) is 47.8 Å². The molecule has 1 amide bonds. The highest BCUT2D eigenvalue weighted by atomic mass is 19.1. The monoisotopic (exact) mass is 458 g/mol. The smallest absolute Gasteiger partial charge is 0.243 e. The van der Waals surface area contributed by atoms with Crippen molar-refractivity contribution in [1.82, 2.24) is 19.9 Å². The third-order valence-corrected chi connectivity index (χ3v) is 6.24. The Labute approximate surface area is 200 Å². The number of carbonyl (C=O) groups is 1. The highest BCUT2D eigenvalue weighted by Gasteiger charge is 2.25. The number of amides is 1. The van der Waals surface area contributed by atoms with Crippen molar-refractivity contribution in [3.8, 4) is 0 Å². The molecule has 4 aromatic rings. The van der Waals surface area contributed by atoms with Crippen molar-refractivity contribution < 1.29 is 9.18 Å². The molecule has 176 valence electrons. The number of benzene rings is 2. The summed E-state index contributed by atoms with van der Waals surface area (Å²) in [6.45, 7) is 6.76. The maximum Gasteiger partial charge on any atom is 0.243 e. The number of fused-ring (bicyclic) bond motifs is 1. The summed E-state index contributed by atoms with van der Waals surface area (Å²) in [6, 6.07) is 16.1. The normalized spacial score (nSPS) is 12.1. The number of pyridine rings is 1.